The maximum atomic E-state index is 13.4. The fourth-order valence-electron chi connectivity index (χ4n) is 5.37. The number of rotatable bonds is 2. The van der Waals surface area contributed by atoms with Crippen LogP contribution in [0.25, 0.3) is 11.0 Å². The highest BCUT2D eigenvalue weighted by Crippen LogP contribution is 2.47. The van der Waals surface area contributed by atoms with E-state index in [1.165, 1.54) is 6.07 Å². The highest BCUT2D eigenvalue weighted by atomic mass is 16.3. The van der Waals surface area contributed by atoms with Gasteiger partial charge in [0.25, 0.3) is 5.91 Å². The summed E-state index contributed by atoms with van der Waals surface area (Å²) in [6.07, 6.45) is 4.27. The number of piperidine rings is 1. The molecule has 5 heteroatoms. The Hall–Kier alpha value is -2.92. The normalized spacial score (nSPS) is 26.4. The van der Waals surface area contributed by atoms with Gasteiger partial charge in [-0.25, -0.2) is 0 Å². The molecule has 0 radical (unpaired) electrons. The van der Waals surface area contributed by atoms with Crippen LogP contribution in [0, 0.1) is 5.92 Å². The van der Waals surface area contributed by atoms with E-state index in [1.54, 1.807) is 24.3 Å². The van der Waals surface area contributed by atoms with Crippen LogP contribution in [0.1, 0.15) is 48.2 Å². The van der Waals surface area contributed by atoms with Gasteiger partial charge in [0.15, 0.2) is 11.2 Å². The number of aliphatic hydroxyl groups is 1. The van der Waals surface area contributed by atoms with Gasteiger partial charge >= 0.3 is 0 Å². The van der Waals surface area contributed by atoms with Crippen LogP contribution in [-0.2, 0) is 5.60 Å². The van der Waals surface area contributed by atoms with Gasteiger partial charge in [-0.05, 0) is 37.0 Å². The van der Waals surface area contributed by atoms with Crippen molar-refractivity contribution in [1.82, 2.24) is 4.90 Å². The van der Waals surface area contributed by atoms with E-state index in [2.05, 4.69) is 0 Å². The maximum Gasteiger partial charge on any atom is 0.289 e. The van der Waals surface area contributed by atoms with Crippen LogP contribution >= 0.6 is 0 Å². The fourth-order valence-corrected chi connectivity index (χ4v) is 5.37. The molecule has 2 heterocycles. The van der Waals surface area contributed by atoms with Crippen molar-refractivity contribution < 1.29 is 14.3 Å². The number of benzene rings is 2. The van der Waals surface area contributed by atoms with E-state index in [1.807, 2.05) is 35.2 Å². The Labute approximate surface area is 174 Å². The summed E-state index contributed by atoms with van der Waals surface area (Å²) in [6, 6.07) is 18.0. The lowest BCUT2D eigenvalue weighted by molar-refractivity contribution is -0.110. The molecule has 1 saturated heterocycles. The third-order valence-electron chi connectivity index (χ3n) is 6.86. The molecule has 5 rings (SSSR count). The van der Waals surface area contributed by atoms with Gasteiger partial charge in [0.2, 0.25) is 0 Å². The van der Waals surface area contributed by atoms with Gasteiger partial charge in [-0.15, -0.1) is 0 Å². The van der Waals surface area contributed by atoms with Crippen LogP contribution in [0.2, 0.25) is 0 Å². The number of hydrogen-bond acceptors (Lipinski definition) is 4. The highest BCUT2D eigenvalue weighted by molar-refractivity contribution is 5.93. The second kappa shape index (κ2) is 7.40. The Balaban J connectivity index is 1.50. The maximum absolute atomic E-state index is 13.4. The first kappa shape index (κ1) is 19.1. The SMILES string of the molecule is O=C(c1cc(=O)c2ccccc2o1)N1CC[C@@](O)(c2ccccc2)[C@@H]2CCCC[C@H]21. The third kappa shape index (κ3) is 3.05. The molecule has 2 aliphatic rings. The van der Waals surface area contributed by atoms with Gasteiger partial charge in [-0.2, -0.15) is 0 Å². The first-order chi connectivity index (χ1) is 14.6. The zero-order valence-electron chi connectivity index (χ0n) is 16.8. The van der Waals surface area contributed by atoms with Gasteiger partial charge in [0.05, 0.1) is 11.0 Å². The summed E-state index contributed by atoms with van der Waals surface area (Å²) in [7, 11) is 0. The number of nitrogens with zero attached hydrogens (tertiary/aromatic N) is 1. The molecule has 1 aliphatic carbocycles. The number of carbonyl (C=O) groups excluding carboxylic acids is 1. The van der Waals surface area contributed by atoms with Gasteiger partial charge < -0.3 is 14.4 Å². The summed E-state index contributed by atoms with van der Waals surface area (Å²) in [5.74, 6) is -0.212. The molecule has 3 aromatic rings. The molecule has 2 fully saturated rings. The lowest BCUT2D eigenvalue weighted by atomic mass is 9.66. The molecular weight excluding hydrogens is 378 g/mol. The van der Waals surface area contributed by atoms with Crippen molar-refractivity contribution in [3.05, 3.63) is 82.2 Å². The van der Waals surface area contributed by atoms with E-state index in [4.69, 9.17) is 4.42 Å². The Morgan fingerprint density at radius 3 is 2.60 bits per heavy atom. The topological polar surface area (TPSA) is 70.8 Å². The average Bonchev–Trinajstić information content (AvgIpc) is 2.80. The molecule has 3 atom stereocenters. The molecule has 0 spiro atoms. The first-order valence-electron chi connectivity index (χ1n) is 10.7. The summed E-state index contributed by atoms with van der Waals surface area (Å²) in [4.78, 5) is 27.7. The minimum Gasteiger partial charge on any atom is -0.451 e. The van der Waals surface area contributed by atoms with Crippen LogP contribution in [-0.4, -0.2) is 28.5 Å². The van der Waals surface area contributed by atoms with E-state index in [0.717, 1.165) is 31.2 Å². The minimum absolute atomic E-state index is 0.0291. The number of hydrogen-bond donors (Lipinski definition) is 1. The van der Waals surface area contributed by atoms with Gasteiger partial charge in [0, 0.05) is 24.6 Å². The molecule has 1 aromatic heterocycles. The van der Waals surface area contributed by atoms with Crippen LogP contribution in [0.5, 0.6) is 0 Å². The van der Waals surface area contributed by atoms with E-state index in [9.17, 15) is 14.7 Å². The molecule has 1 N–H and O–H groups in total. The van der Waals surface area contributed by atoms with Crippen molar-refractivity contribution in [1.29, 1.82) is 0 Å². The average molecular weight is 403 g/mol. The van der Waals surface area contributed by atoms with Gasteiger partial charge in [-0.1, -0.05) is 55.3 Å². The summed E-state index contributed by atoms with van der Waals surface area (Å²) in [5, 5.41) is 12.2. The molecular formula is C25H25NO4. The Bertz CT molecular complexity index is 1140. The van der Waals surface area contributed by atoms with Crippen LogP contribution in [0.3, 0.4) is 0 Å². The molecule has 2 aromatic carbocycles. The summed E-state index contributed by atoms with van der Waals surface area (Å²) < 4.78 is 5.82. The van der Waals surface area contributed by atoms with E-state index in [0.29, 0.717) is 23.9 Å². The van der Waals surface area contributed by atoms with Crippen molar-refractivity contribution in [3.63, 3.8) is 0 Å². The molecule has 0 unspecified atom stereocenters. The first-order valence-corrected chi connectivity index (χ1v) is 10.7. The molecule has 1 aliphatic heterocycles. The third-order valence-corrected chi connectivity index (χ3v) is 6.86. The van der Waals surface area contributed by atoms with Gasteiger partial charge in [-0.3, -0.25) is 9.59 Å². The second-order valence-electron chi connectivity index (χ2n) is 8.47. The fraction of sp³-hybridized carbons (Fsp3) is 0.360. The summed E-state index contributed by atoms with van der Waals surface area (Å²) in [5.41, 5.74) is 0.198. The van der Waals surface area contributed by atoms with Crippen molar-refractivity contribution in [2.45, 2.75) is 43.7 Å². The van der Waals surface area contributed by atoms with Crippen LogP contribution < -0.4 is 5.43 Å². The molecule has 30 heavy (non-hydrogen) atoms. The van der Waals surface area contributed by atoms with E-state index in [-0.39, 0.29) is 29.1 Å². The van der Waals surface area contributed by atoms with E-state index >= 15 is 0 Å². The summed E-state index contributed by atoms with van der Waals surface area (Å²) >= 11 is 0. The zero-order valence-corrected chi connectivity index (χ0v) is 16.8. The van der Waals surface area contributed by atoms with Crippen LogP contribution in [0.15, 0.2) is 69.9 Å². The molecule has 1 saturated carbocycles. The zero-order chi connectivity index (χ0) is 20.7. The monoisotopic (exact) mass is 403 g/mol. The minimum atomic E-state index is -0.937. The lowest BCUT2D eigenvalue weighted by Gasteiger charge is -2.52. The van der Waals surface area contributed by atoms with Gasteiger partial charge in [0.1, 0.15) is 5.58 Å². The largest absolute Gasteiger partial charge is 0.451 e. The standard InChI is InChI=1S/C25H25NO4/c27-21-16-23(30-22-13-7-4-10-18(21)22)24(28)26-15-14-25(29,17-8-2-1-3-9-17)19-11-5-6-12-20(19)26/h1-4,7-10,13,16,19-20,29H,5-6,11-12,14-15H2/t19-,20-,25-/m1/s1. The predicted octanol–water partition coefficient (Wildman–Crippen LogP) is 4.09. The Kier molecular flexibility index (Phi) is 4.70. The second-order valence-corrected chi connectivity index (χ2v) is 8.47. The molecule has 1 amide bonds. The molecule has 0 bridgehead atoms. The smallest absolute Gasteiger partial charge is 0.289 e. The van der Waals surface area contributed by atoms with Crippen molar-refractivity contribution in [3.8, 4) is 0 Å². The van der Waals surface area contributed by atoms with Crippen LogP contribution in [0.4, 0.5) is 0 Å². The number of para-hydroxylation sites is 1. The van der Waals surface area contributed by atoms with Crippen molar-refractivity contribution in [2.75, 3.05) is 6.54 Å². The van der Waals surface area contributed by atoms with Crippen molar-refractivity contribution >= 4 is 16.9 Å². The molecule has 5 nitrogen and oxygen atoms in total. The Morgan fingerprint density at radius 2 is 1.77 bits per heavy atom. The quantitative estimate of drug-likeness (QED) is 0.700. The summed E-state index contributed by atoms with van der Waals surface area (Å²) in [6.45, 7) is 0.432. The Morgan fingerprint density at radius 1 is 1.03 bits per heavy atom. The predicted molar refractivity (Wildman–Crippen MR) is 114 cm³/mol. The van der Waals surface area contributed by atoms with E-state index < -0.39 is 5.60 Å². The molecule has 154 valence electrons. The number of fused-ring (bicyclic) bond motifs is 2. The number of carbonyl (C=O) groups is 1. The van der Waals surface area contributed by atoms with Crippen molar-refractivity contribution in [2.24, 2.45) is 5.92 Å². The lowest BCUT2D eigenvalue weighted by Crippen LogP contribution is -2.59. The highest BCUT2D eigenvalue weighted by Gasteiger charge is 2.50. The number of likely N-dealkylation sites (tertiary alicyclic amines) is 1. The number of amides is 1.